The number of benzene rings is 1. The highest BCUT2D eigenvalue weighted by atomic mass is 35.5. The van der Waals surface area contributed by atoms with Crippen LogP contribution in [0, 0.1) is 0 Å². The van der Waals surface area contributed by atoms with Crippen LogP contribution in [0.3, 0.4) is 0 Å². The Balaban J connectivity index is 1.89. The standard InChI is InChI=1S/C17H24ClNO/c1-2-16-6-4-3-5-12-19(16)13-11-17(20)14-7-9-15(18)10-8-14/h7-10,16H,2-6,11-13H2,1H3. The number of halogens is 1. The highest BCUT2D eigenvalue weighted by molar-refractivity contribution is 6.30. The van der Waals surface area contributed by atoms with Gasteiger partial charge in [-0.25, -0.2) is 0 Å². The van der Waals surface area contributed by atoms with E-state index in [1.807, 2.05) is 12.1 Å². The predicted molar refractivity (Wildman–Crippen MR) is 84.5 cm³/mol. The van der Waals surface area contributed by atoms with Crippen molar-refractivity contribution in [2.45, 2.75) is 51.5 Å². The molecule has 1 aliphatic rings. The number of nitrogens with zero attached hydrogens (tertiary/aromatic N) is 1. The maximum Gasteiger partial charge on any atom is 0.164 e. The van der Waals surface area contributed by atoms with Gasteiger partial charge >= 0.3 is 0 Å². The summed E-state index contributed by atoms with van der Waals surface area (Å²) >= 11 is 5.85. The van der Waals surface area contributed by atoms with Gasteiger partial charge in [-0.1, -0.05) is 31.4 Å². The Kier molecular flexibility index (Phi) is 6.06. The maximum atomic E-state index is 12.2. The van der Waals surface area contributed by atoms with Crippen LogP contribution in [0.2, 0.25) is 5.02 Å². The Hall–Kier alpha value is -0.860. The summed E-state index contributed by atoms with van der Waals surface area (Å²) in [5.41, 5.74) is 0.775. The first-order valence-electron chi connectivity index (χ1n) is 7.73. The van der Waals surface area contributed by atoms with Crippen LogP contribution in [0.25, 0.3) is 0 Å². The number of hydrogen-bond acceptors (Lipinski definition) is 2. The molecule has 1 unspecified atom stereocenters. The highest BCUT2D eigenvalue weighted by Crippen LogP contribution is 2.20. The number of rotatable bonds is 5. The second-order valence-electron chi connectivity index (χ2n) is 5.63. The zero-order valence-corrected chi connectivity index (χ0v) is 13.0. The van der Waals surface area contributed by atoms with E-state index in [0.29, 0.717) is 17.5 Å². The van der Waals surface area contributed by atoms with Crippen LogP contribution in [0.15, 0.2) is 24.3 Å². The number of carbonyl (C=O) groups is 1. The molecule has 1 aromatic carbocycles. The monoisotopic (exact) mass is 293 g/mol. The van der Waals surface area contributed by atoms with Gasteiger partial charge in [-0.2, -0.15) is 0 Å². The lowest BCUT2D eigenvalue weighted by Crippen LogP contribution is -2.36. The molecule has 0 saturated carbocycles. The van der Waals surface area contributed by atoms with E-state index in [-0.39, 0.29) is 5.78 Å². The lowest BCUT2D eigenvalue weighted by atomic mass is 10.1. The van der Waals surface area contributed by atoms with Crippen molar-refractivity contribution in [2.24, 2.45) is 0 Å². The molecule has 0 bridgehead atoms. The van der Waals surface area contributed by atoms with Crippen LogP contribution in [0.1, 0.15) is 55.8 Å². The Labute approximate surface area is 127 Å². The summed E-state index contributed by atoms with van der Waals surface area (Å²) in [4.78, 5) is 14.7. The predicted octanol–water partition coefficient (Wildman–Crippen LogP) is 4.57. The van der Waals surface area contributed by atoms with Gasteiger partial charge < -0.3 is 0 Å². The molecule has 110 valence electrons. The Morgan fingerprint density at radius 1 is 1.25 bits per heavy atom. The molecule has 20 heavy (non-hydrogen) atoms. The van der Waals surface area contributed by atoms with Crippen LogP contribution < -0.4 is 0 Å². The second kappa shape index (κ2) is 7.80. The summed E-state index contributed by atoms with van der Waals surface area (Å²) in [6, 6.07) is 7.88. The van der Waals surface area contributed by atoms with Crippen LogP contribution in [0.4, 0.5) is 0 Å². The lowest BCUT2D eigenvalue weighted by molar-refractivity contribution is 0.0949. The van der Waals surface area contributed by atoms with Crippen LogP contribution in [0.5, 0.6) is 0 Å². The average Bonchev–Trinajstić information content (AvgIpc) is 2.70. The smallest absolute Gasteiger partial charge is 0.164 e. The van der Waals surface area contributed by atoms with Crippen molar-refractivity contribution in [2.75, 3.05) is 13.1 Å². The maximum absolute atomic E-state index is 12.2. The van der Waals surface area contributed by atoms with Gasteiger partial charge in [0.1, 0.15) is 0 Å². The first-order chi connectivity index (χ1) is 9.70. The lowest BCUT2D eigenvalue weighted by Gasteiger charge is -2.28. The van der Waals surface area contributed by atoms with Gasteiger partial charge in [-0.05, 0) is 50.1 Å². The van der Waals surface area contributed by atoms with Crippen molar-refractivity contribution < 1.29 is 4.79 Å². The molecule has 1 heterocycles. The van der Waals surface area contributed by atoms with Gasteiger partial charge in [0.15, 0.2) is 5.78 Å². The van der Waals surface area contributed by atoms with Crippen molar-refractivity contribution >= 4 is 17.4 Å². The Morgan fingerprint density at radius 3 is 2.70 bits per heavy atom. The second-order valence-corrected chi connectivity index (χ2v) is 6.06. The van der Waals surface area contributed by atoms with Crippen molar-refractivity contribution in [3.05, 3.63) is 34.9 Å². The molecule has 0 aromatic heterocycles. The minimum absolute atomic E-state index is 0.223. The van der Waals surface area contributed by atoms with Crippen molar-refractivity contribution in [3.63, 3.8) is 0 Å². The fraction of sp³-hybridized carbons (Fsp3) is 0.588. The third-order valence-electron chi connectivity index (χ3n) is 4.26. The van der Waals surface area contributed by atoms with Crippen molar-refractivity contribution in [1.29, 1.82) is 0 Å². The van der Waals surface area contributed by atoms with Gasteiger partial charge in [0.2, 0.25) is 0 Å². The molecule has 0 aliphatic carbocycles. The van der Waals surface area contributed by atoms with E-state index in [1.165, 1.54) is 32.1 Å². The highest BCUT2D eigenvalue weighted by Gasteiger charge is 2.20. The zero-order chi connectivity index (χ0) is 14.4. The minimum atomic E-state index is 0.223. The minimum Gasteiger partial charge on any atom is -0.300 e. The van der Waals surface area contributed by atoms with Crippen LogP contribution in [-0.2, 0) is 0 Å². The molecule has 0 radical (unpaired) electrons. The molecule has 1 saturated heterocycles. The average molecular weight is 294 g/mol. The number of likely N-dealkylation sites (tertiary alicyclic amines) is 1. The molecule has 1 aromatic rings. The van der Waals surface area contributed by atoms with E-state index in [2.05, 4.69) is 11.8 Å². The number of hydrogen-bond donors (Lipinski definition) is 0. The normalized spacial score (nSPS) is 20.6. The molecular weight excluding hydrogens is 270 g/mol. The van der Waals surface area contributed by atoms with Gasteiger partial charge in [0, 0.05) is 29.6 Å². The molecule has 0 spiro atoms. The molecule has 1 atom stereocenters. The van der Waals surface area contributed by atoms with Gasteiger partial charge in [0.25, 0.3) is 0 Å². The van der Waals surface area contributed by atoms with E-state index in [0.717, 1.165) is 18.7 Å². The van der Waals surface area contributed by atoms with Crippen molar-refractivity contribution in [1.82, 2.24) is 4.90 Å². The zero-order valence-electron chi connectivity index (χ0n) is 12.3. The molecule has 0 N–H and O–H groups in total. The largest absolute Gasteiger partial charge is 0.300 e. The van der Waals surface area contributed by atoms with E-state index in [4.69, 9.17) is 11.6 Å². The quantitative estimate of drug-likeness (QED) is 0.741. The van der Waals surface area contributed by atoms with E-state index < -0.39 is 0 Å². The summed E-state index contributed by atoms with van der Waals surface area (Å²) in [7, 11) is 0. The first kappa shape index (κ1) is 15.5. The molecular formula is C17H24ClNO. The topological polar surface area (TPSA) is 20.3 Å². The van der Waals surface area contributed by atoms with E-state index in [1.54, 1.807) is 12.1 Å². The summed E-state index contributed by atoms with van der Waals surface area (Å²) in [5, 5.41) is 0.681. The molecule has 2 nitrogen and oxygen atoms in total. The van der Waals surface area contributed by atoms with Gasteiger partial charge in [0.05, 0.1) is 0 Å². The molecule has 1 fully saturated rings. The van der Waals surface area contributed by atoms with E-state index >= 15 is 0 Å². The summed E-state index contributed by atoms with van der Waals surface area (Å²) in [6.45, 7) is 4.29. The van der Waals surface area contributed by atoms with Crippen molar-refractivity contribution in [3.8, 4) is 0 Å². The SMILES string of the molecule is CCC1CCCCCN1CCC(=O)c1ccc(Cl)cc1. The number of carbonyl (C=O) groups excluding carboxylic acids is 1. The molecule has 0 amide bonds. The fourth-order valence-corrected chi connectivity index (χ4v) is 3.14. The van der Waals surface area contributed by atoms with Gasteiger partial charge in [-0.15, -0.1) is 0 Å². The third-order valence-corrected chi connectivity index (χ3v) is 4.51. The van der Waals surface area contributed by atoms with E-state index in [9.17, 15) is 4.79 Å². The third kappa shape index (κ3) is 4.32. The first-order valence-corrected chi connectivity index (χ1v) is 8.11. The Bertz CT molecular complexity index is 429. The van der Waals surface area contributed by atoms with Gasteiger partial charge in [-0.3, -0.25) is 9.69 Å². The van der Waals surface area contributed by atoms with Crippen LogP contribution >= 0.6 is 11.6 Å². The summed E-state index contributed by atoms with van der Waals surface area (Å²) in [5.74, 6) is 0.223. The molecule has 2 rings (SSSR count). The Morgan fingerprint density at radius 2 is 2.00 bits per heavy atom. The molecule has 1 aliphatic heterocycles. The van der Waals surface area contributed by atoms with Crippen LogP contribution in [-0.4, -0.2) is 29.8 Å². The number of Topliss-reactive ketones (excluding diaryl/α,β-unsaturated/α-hetero) is 1. The molecule has 3 heteroatoms. The number of ketones is 1. The summed E-state index contributed by atoms with van der Waals surface area (Å²) in [6.07, 6.45) is 7.02. The summed E-state index contributed by atoms with van der Waals surface area (Å²) < 4.78 is 0. The fourth-order valence-electron chi connectivity index (χ4n) is 3.02.